The quantitative estimate of drug-likeness (QED) is 0.525. The van der Waals surface area contributed by atoms with Gasteiger partial charge in [-0.1, -0.05) is 54.4 Å². The van der Waals surface area contributed by atoms with Gasteiger partial charge in [0.15, 0.2) is 0 Å². The van der Waals surface area contributed by atoms with E-state index in [-0.39, 0.29) is 18.5 Å². The van der Waals surface area contributed by atoms with Gasteiger partial charge in [-0.25, -0.2) is 8.42 Å². The number of carbonyl (C=O) groups excluding carboxylic acids is 2. The number of anilines is 1. The number of rotatable bonds is 10. The minimum Gasteiger partial charge on any atom is -0.352 e. The van der Waals surface area contributed by atoms with Crippen molar-refractivity contribution in [2.45, 2.75) is 59.7 Å². The van der Waals surface area contributed by atoms with Gasteiger partial charge >= 0.3 is 0 Å². The molecule has 1 unspecified atom stereocenters. The minimum atomic E-state index is -3.78. The summed E-state index contributed by atoms with van der Waals surface area (Å²) in [6, 6.07) is 11.6. The predicted octanol–water partition coefficient (Wildman–Crippen LogP) is 4.05. The van der Waals surface area contributed by atoms with Crippen molar-refractivity contribution in [1.29, 1.82) is 0 Å². The number of nitrogens with one attached hydrogen (secondary N) is 1. The van der Waals surface area contributed by atoms with E-state index in [4.69, 9.17) is 11.6 Å². The zero-order valence-electron chi connectivity index (χ0n) is 20.6. The summed E-state index contributed by atoms with van der Waals surface area (Å²) < 4.78 is 26.5. The van der Waals surface area contributed by atoms with Crippen LogP contribution in [0.1, 0.15) is 43.9 Å². The van der Waals surface area contributed by atoms with Crippen LogP contribution in [0, 0.1) is 13.8 Å². The van der Waals surface area contributed by atoms with Gasteiger partial charge in [0.25, 0.3) is 0 Å². The number of sulfonamides is 1. The molecule has 34 heavy (non-hydrogen) atoms. The average molecular weight is 508 g/mol. The van der Waals surface area contributed by atoms with Crippen LogP contribution in [0.3, 0.4) is 0 Å². The lowest BCUT2D eigenvalue weighted by atomic mass is 10.1. The molecule has 2 aromatic rings. The summed E-state index contributed by atoms with van der Waals surface area (Å²) in [4.78, 5) is 28.1. The smallest absolute Gasteiger partial charge is 0.244 e. The molecule has 2 rings (SSSR count). The van der Waals surface area contributed by atoms with Crippen molar-refractivity contribution < 1.29 is 18.0 Å². The minimum absolute atomic E-state index is 0.0764. The van der Waals surface area contributed by atoms with Crippen LogP contribution in [0.2, 0.25) is 5.02 Å². The average Bonchev–Trinajstić information content (AvgIpc) is 2.72. The Balaban J connectivity index is 2.49. The van der Waals surface area contributed by atoms with Gasteiger partial charge in [-0.05, 0) is 57.4 Å². The molecule has 2 aromatic carbocycles. The third-order valence-electron chi connectivity index (χ3n) is 5.42. The highest BCUT2D eigenvalue weighted by Crippen LogP contribution is 2.25. The number of hydrogen-bond donors (Lipinski definition) is 1. The largest absolute Gasteiger partial charge is 0.352 e. The highest BCUT2D eigenvalue weighted by molar-refractivity contribution is 7.92. The van der Waals surface area contributed by atoms with Crippen LogP contribution in [-0.4, -0.2) is 50.0 Å². The summed E-state index contributed by atoms with van der Waals surface area (Å²) in [6.07, 6.45) is 1.43. The van der Waals surface area contributed by atoms with Crippen molar-refractivity contribution in [2.24, 2.45) is 0 Å². The number of aryl methyl sites for hydroxylation is 2. The molecular formula is C25H34ClN3O4S. The lowest BCUT2D eigenvalue weighted by Gasteiger charge is -2.33. The molecule has 2 amide bonds. The van der Waals surface area contributed by atoms with E-state index in [0.29, 0.717) is 22.7 Å². The van der Waals surface area contributed by atoms with E-state index in [9.17, 15) is 18.0 Å². The number of nitrogens with zero attached hydrogens (tertiary/aromatic N) is 2. The summed E-state index contributed by atoms with van der Waals surface area (Å²) >= 11 is 6.35. The Morgan fingerprint density at radius 1 is 1.09 bits per heavy atom. The fraction of sp³-hybridized carbons (Fsp3) is 0.440. The van der Waals surface area contributed by atoms with Crippen molar-refractivity contribution in [3.05, 3.63) is 64.2 Å². The van der Waals surface area contributed by atoms with Crippen molar-refractivity contribution in [3.63, 3.8) is 0 Å². The lowest BCUT2D eigenvalue weighted by molar-refractivity contribution is -0.140. The molecule has 7 nitrogen and oxygen atoms in total. The molecule has 0 aliphatic rings. The van der Waals surface area contributed by atoms with Gasteiger partial charge in [-0.3, -0.25) is 13.9 Å². The number of hydrogen-bond acceptors (Lipinski definition) is 4. The van der Waals surface area contributed by atoms with E-state index >= 15 is 0 Å². The summed E-state index contributed by atoms with van der Waals surface area (Å²) in [6.45, 7) is 8.86. The molecule has 0 fully saturated rings. The number of amides is 2. The van der Waals surface area contributed by atoms with Gasteiger partial charge < -0.3 is 10.2 Å². The first-order valence-electron chi connectivity index (χ1n) is 11.2. The Morgan fingerprint density at radius 2 is 1.74 bits per heavy atom. The second-order valence-electron chi connectivity index (χ2n) is 8.76. The summed E-state index contributed by atoms with van der Waals surface area (Å²) in [7, 11) is -3.78. The molecule has 1 N–H and O–H groups in total. The van der Waals surface area contributed by atoms with E-state index in [2.05, 4.69) is 5.32 Å². The standard InChI is InChI=1S/C25H34ClN3O4S/c1-7-22(25(31)27-17(2)3)28(15-20-10-8-9-11-21(20)26)24(30)16-29(34(6,32)33)23-13-12-18(4)14-19(23)5/h8-14,17,22H,7,15-16H2,1-6H3,(H,27,31). The highest BCUT2D eigenvalue weighted by Gasteiger charge is 2.32. The molecule has 1 atom stereocenters. The van der Waals surface area contributed by atoms with Crippen LogP contribution in [0.4, 0.5) is 5.69 Å². The van der Waals surface area contributed by atoms with E-state index in [1.54, 1.807) is 43.3 Å². The topological polar surface area (TPSA) is 86.8 Å². The molecule has 0 aliphatic carbocycles. The first-order chi connectivity index (χ1) is 15.8. The number of benzene rings is 2. The molecule has 0 saturated carbocycles. The molecule has 0 heterocycles. The van der Waals surface area contributed by atoms with E-state index in [0.717, 1.165) is 21.7 Å². The molecule has 9 heteroatoms. The van der Waals surface area contributed by atoms with Gasteiger partial charge in [0, 0.05) is 17.6 Å². The Morgan fingerprint density at radius 3 is 2.26 bits per heavy atom. The molecular weight excluding hydrogens is 474 g/mol. The zero-order chi connectivity index (χ0) is 25.6. The van der Waals surface area contributed by atoms with Crippen molar-refractivity contribution in [2.75, 3.05) is 17.1 Å². The van der Waals surface area contributed by atoms with Crippen molar-refractivity contribution >= 4 is 39.1 Å². The van der Waals surface area contributed by atoms with Gasteiger partial charge in [0.05, 0.1) is 11.9 Å². The summed E-state index contributed by atoms with van der Waals surface area (Å²) in [5, 5.41) is 3.33. The molecule has 0 aliphatic heterocycles. The van der Waals surface area contributed by atoms with Crippen LogP contribution >= 0.6 is 11.6 Å². The predicted molar refractivity (Wildman–Crippen MR) is 137 cm³/mol. The lowest BCUT2D eigenvalue weighted by Crippen LogP contribution is -2.53. The van der Waals surface area contributed by atoms with Crippen molar-refractivity contribution in [3.8, 4) is 0 Å². The first-order valence-corrected chi connectivity index (χ1v) is 13.5. The zero-order valence-corrected chi connectivity index (χ0v) is 22.2. The van der Waals surface area contributed by atoms with Crippen LogP contribution in [0.5, 0.6) is 0 Å². The monoisotopic (exact) mass is 507 g/mol. The maximum absolute atomic E-state index is 13.7. The maximum atomic E-state index is 13.7. The Labute approximate surface area is 208 Å². The van der Waals surface area contributed by atoms with Gasteiger partial charge in [0.2, 0.25) is 21.8 Å². The molecule has 0 spiro atoms. The van der Waals surface area contributed by atoms with E-state index in [1.165, 1.54) is 4.90 Å². The van der Waals surface area contributed by atoms with Crippen LogP contribution < -0.4 is 9.62 Å². The third-order valence-corrected chi connectivity index (χ3v) is 6.91. The molecule has 0 radical (unpaired) electrons. The van der Waals surface area contributed by atoms with Crippen LogP contribution in [0.15, 0.2) is 42.5 Å². The molecule has 0 bridgehead atoms. The second kappa shape index (κ2) is 11.7. The first kappa shape index (κ1) is 27.7. The SMILES string of the molecule is CCC(C(=O)NC(C)C)N(Cc1ccccc1Cl)C(=O)CN(c1ccc(C)cc1C)S(C)(=O)=O. The van der Waals surface area contributed by atoms with Gasteiger partial charge in [0.1, 0.15) is 12.6 Å². The van der Waals surface area contributed by atoms with Crippen LogP contribution in [0.25, 0.3) is 0 Å². The Hall–Kier alpha value is -2.58. The normalized spacial score (nSPS) is 12.4. The van der Waals surface area contributed by atoms with E-state index in [1.807, 2.05) is 33.8 Å². The van der Waals surface area contributed by atoms with Gasteiger partial charge in [-0.15, -0.1) is 0 Å². The summed E-state index contributed by atoms with van der Waals surface area (Å²) in [5.41, 5.74) is 2.82. The fourth-order valence-electron chi connectivity index (χ4n) is 3.79. The van der Waals surface area contributed by atoms with Gasteiger partial charge in [-0.2, -0.15) is 0 Å². The molecule has 186 valence electrons. The Bertz CT molecular complexity index is 1130. The Kier molecular flexibility index (Phi) is 9.53. The van der Waals surface area contributed by atoms with Crippen molar-refractivity contribution in [1.82, 2.24) is 10.2 Å². The maximum Gasteiger partial charge on any atom is 0.244 e. The number of carbonyl (C=O) groups is 2. The third kappa shape index (κ3) is 7.21. The number of halogens is 1. The fourth-order valence-corrected chi connectivity index (χ4v) is 4.89. The highest BCUT2D eigenvalue weighted by atomic mass is 35.5. The molecule has 0 saturated heterocycles. The summed E-state index contributed by atoms with van der Waals surface area (Å²) in [5.74, 6) is -0.786. The molecule has 0 aromatic heterocycles. The second-order valence-corrected chi connectivity index (χ2v) is 11.1. The van der Waals surface area contributed by atoms with E-state index < -0.39 is 28.5 Å². The van der Waals surface area contributed by atoms with Crippen LogP contribution in [-0.2, 0) is 26.2 Å².